The summed E-state index contributed by atoms with van der Waals surface area (Å²) in [6.45, 7) is 2.42. The Balaban J connectivity index is 2.44. The van der Waals surface area contributed by atoms with E-state index >= 15 is 0 Å². The van der Waals surface area contributed by atoms with Gasteiger partial charge in [-0.2, -0.15) is 0 Å². The lowest BCUT2D eigenvalue weighted by atomic mass is 10.1. The van der Waals surface area contributed by atoms with Crippen LogP contribution in [0.25, 0.3) is 0 Å². The number of rotatable bonds is 12. The molecule has 0 radical (unpaired) electrons. The zero-order chi connectivity index (χ0) is 18.7. The number of halogens is 3. The van der Waals surface area contributed by atoms with Crippen molar-refractivity contribution in [1.82, 2.24) is 0 Å². The van der Waals surface area contributed by atoms with Crippen molar-refractivity contribution in [2.75, 3.05) is 6.61 Å². The molecule has 0 aliphatic carbocycles. The quantitative estimate of drug-likeness (QED) is 0.477. The van der Waals surface area contributed by atoms with Crippen LogP contribution < -0.4 is 9.47 Å². The van der Waals surface area contributed by atoms with Crippen LogP contribution in [0.15, 0.2) is 18.2 Å². The fraction of sp³-hybridized carbons (Fsp3) is 0.611. The Morgan fingerprint density at radius 3 is 2.20 bits per heavy atom. The maximum atomic E-state index is 12.3. The second kappa shape index (κ2) is 10.8. The number of hydrogen-bond acceptors (Lipinski definition) is 3. The van der Waals surface area contributed by atoms with Gasteiger partial charge in [0.05, 0.1) is 6.61 Å². The lowest BCUT2D eigenvalue weighted by Gasteiger charge is -2.13. The van der Waals surface area contributed by atoms with Crippen LogP contribution in [0.1, 0.15) is 68.6 Å². The SMILES string of the molecule is CCCCCCCCCCOc1cc(OC(F)(F)F)ccc1C(=O)O. The lowest BCUT2D eigenvalue weighted by Crippen LogP contribution is -2.17. The minimum absolute atomic E-state index is 0.114. The van der Waals surface area contributed by atoms with Gasteiger partial charge in [-0.3, -0.25) is 0 Å². The Labute approximate surface area is 145 Å². The summed E-state index contributed by atoms with van der Waals surface area (Å²) in [6.07, 6.45) is 3.93. The van der Waals surface area contributed by atoms with Crippen LogP contribution in [0.2, 0.25) is 0 Å². The average Bonchev–Trinajstić information content (AvgIpc) is 2.51. The Hall–Kier alpha value is -1.92. The molecule has 25 heavy (non-hydrogen) atoms. The smallest absolute Gasteiger partial charge is 0.493 e. The van der Waals surface area contributed by atoms with Crippen molar-refractivity contribution in [2.45, 2.75) is 64.7 Å². The zero-order valence-electron chi connectivity index (χ0n) is 14.4. The molecule has 0 heterocycles. The molecule has 0 amide bonds. The number of carboxylic acid groups (broad SMARTS) is 1. The highest BCUT2D eigenvalue weighted by Gasteiger charge is 2.31. The molecule has 4 nitrogen and oxygen atoms in total. The maximum Gasteiger partial charge on any atom is 0.573 e. The summed E-state index contributed by atoms with van der Waals surface area (Å²) in [5.41, 5.74) is -0.186. The maximum absolute atomic E-state index is 12.3. The number of alkyl halides is 3. The molecule has 0 spiro atoms. The van der Waals surface area contributed by atoms with Gasteiger partial charge in [-0.25, -0.2) is 4.79 Å². The van der Waals surface area contributed by atoms with Crippen LogP contribution in [0, 0.1) is 0 Å². The van der Waals surface area contributed by atoms with Crippen molar-refractivity contribution < 1.29 is 32.5 Å². The van der Waals surface area contributed by atoms with E-state index < -0.39 is 18.1 Å². The van der Waals surface area contributed by atoms with Crippen molar-refractivity contribution in [3.05, 3.63) is 23.8 Å². The van der Waals surface area contributed by atoms with Crippen LogP contribution in [-0.2, 0) is 0 Å². The van der Waals surface area contributed by atoms with Gasteiger partial charge in [0, 0.05) is 6.07 Å². The lowest BCUT2D eigenvalue weighted by molar-refractivity contribution is -0.274. The molecule has 7 heteroatoms. The summed E-state index contributed by atoms with van der Waals surface area (Å²) >= 11 is 0. The summed E-state index contributed by atoms with van der Waals surface area (Å²) < 4.78 is 45.9. The van der Waals surface area contributed by atoms with E-state index in [1.54, 1.807) is 0 Å². The zero-order valence-corrected chi connectivity index (χ0v) is 14.4. The molecular weight excluding hydrogens is 337 g/mol. The topological polar surface area (TPSA) is 55.8 Å². The molecular formula is C18H25F3O4. The first-order valence-electron chi connectivity index (χ1n) is 8.59. The third-order valence-electron chi connectivity index (χ3n) is 3.67. The van der Waals surface area contributed by atoms with E-state index in [1.807, 2.05) is 0 Å². The van der Waals surface area contributed by atoms with Gasteiger partial charge in [0.25, 0.3) is 0 Å². The highest BCUT2D eigenvalue weighted by atomic mass is 19.4. The monoisotopic (exact) mass is 362 g/mol. The number of ether oxygens (including phenoxy) is 2. The summed E-state index contributed by atoms with van der Waals surface area (Å²) in [5.74, 6) is -1.87. The van der Waals surface area contributed by atoms with Gasteiger partial charge in [0.2, 0.25) is 0 Å². The van der Waals surface area contributed by atoms with Crippen LogP contribution in [0.3, 0.4) is 0 Å². The van der Waals surface area contributed by atoms with Crippen molar-refractivity contribution >= 4 is 5.97 Å². The number of carboxylic acids is 1. The van der Waals surface area contributed by atoms with Crippen molar-refractivity contribution in [3.8, 4) is 11.5 Å². The summed E-state index contributed by atoms with van der Waals surface area (Å²) in [7, 11) is 0. The molecule has 0 bridgehead atoms. The highest BCUT2D eigenvalue weighted by molar-refractivity contribution is 5.91. The molecule has 0 aliphatic rings. The second-order valence-electron chi connectivity index (χ2n) is 5.83. The largest absolute Gasteiger partial charge is 0.573 e. The molecule has 0 aliphatic heterocycles. The van der Waals surface area contributed by atoms with E-state index in [2.05, 4.69) is 11.7 Å². The Kier molecular flexibility index (Phi) is 9.16. The summed E-state index contributed by atoms with van der Waals surface area (Å²) in [6, 6.07) is 2.97. The van der Waals surface area contributed by atoms with Gasteiger partial charge in [-0.15, -0.1) is 13.2 Å². The van der Waals surface area contributed by atoms with Gasteiger partial charge in [-0.05, 0) is 18.6 Å². The van der Waals surface area contributed by atoms with Gasteiger partial charge in [-0.1, -0.05) is 51.9 Å². The van der Waals surface area contributed by atoms with Crippen LogP contribution in [-0.4, -0.2) is 24.0 Å². The van der Waals surface area contributed by atoms with Gasteiger partial charge in [0.15, 0.2) is 0 Å². The standard InChI is InChI=1S/C18H25F3O4/c1-2-3-4-5-6-7-8-9-12-24-16-13-14(25-18(19,20)21)10-11-15(16)17(22)23/h10-11,13H,2-9,12H2,1H3,(H,22,23). The van der Waals surface area contributed by atoms with Gasteiger partial charge >= 0.3 is 12.3 Å². The van der Waals surface area contributed by atoms with Crippen LogP contribution in [0.4, 0.5) is 13.2 Å². The third kappa shape index (κ3) is 9.22. The second-order valence-corrected chi connectivity index (χ2v) is 5.83. The first kappa shape index (κ1) is 21.1. The molecule has 0 unspecified atom stereocenters. The number of benzene rings is 1. The Morgan fingerprint density at radius 2 is 1.64 bits per heavy atom. The van der Waals surface area contributed by atoms with E-state index in [4.69, 9.17) is 9.84 Å². The molecule has 1 aromatic rings. The fourth-order valence-corrected chi connectivity index (χ4v) is 2.41. The Bertz CT molecular complexity index is 530. The average molecular weight is 362 g/mol. The molecule has 142 valence electrons. The van der Waals surface area contributed by atoms with Crippen molar-refractivity contribution in [1.29, 1.82) is 0 Å². The molecule has 0 aromatic heterocycles. The molecule has 1 rings (SSSR count). The van der Waals surface area contributed by atoms with Crippen molar-refractivity contribution in [2.24, 2.45) is 0 Å². The molecule has 1 N–H and O–H groups in total. The molecule has 1 aromatic carbocycles. The van der Waals surface area contributed by atoms with Crippen LogP contribution in [0.5, 0.6) is 11.5 Å². The summed E-state index contributed by atoms with van der Waals surface area (Å²) in [4.78, 5) is 11.1. The van der Waals surface area contributed by atoms with E-state index in [-0.39, 0.29) is 17.9 Å². The van der Waals surface area contributed by atoms with Crippen molar-refractivity contribution in [3.63, 3.8) is 0 Å². The minimum Gasteiger partial charge on any atom is -0.493 e. The van der Waals surface area contributed by atoms with E-state index in [9.17, 15) is 18.0 Å². The number of hydrogen-bond donors (Lipinski definition) is 1. The molecule has 0 saturated carbocycles. The predicted molar refractivity (Wildman–Crippen MR) is 88.2 cm³/mol. The summed E-state index contributed by atoms with van der Waals surface area (Å²) in [5, 5.41) is 9.09. The van der Waals surface area contributed by atoms with Gasteiger partial charge in [0.1, 0.15) is 17.1 Å². The van der Waals surface area contributed by atoms with Gasteiger partial charge < -0.3 is 14.6 Å². The van der Waals surface area contributed by atoms with E-state index in [0.29, 0.717) is 0 Å². The normalized spacial score (nSPS) is 11.4. The third-order valence-corrected chi connectivity index (χ3v) is 3.67. The molecule has 0 saturated heterocycles. The minimum atomic E-state index is -4.83. The first-order valence-corrected chi connectivity index (χ1v) is 8.59. The fourth-order valence-electron chi connectivity index (χ4n) is 2.41. The Morgan fingerprint density at radius 1 is 1.04 bits per heavy atom. The number of unbranched alkanes of at least 4 members (excludes halogenated alkanes) is 7. The number of carbonyl (C=O) groups is 1. The molecule has 0 atom stereocenters. The number of aromatic carboxylic acids is 1. The first-order chi connectivity index (χ1) is 11.8. The van der Waals surface area contributed by atoms with Crippen LogP contribution >= 0.6 is 0 Å². The highest BCUT2D eigenvalue weighted by Crippen LogP contribution is 2.29. The molecule has 0 fully saturated rings. The van der Waals surface area contributed by atoms with E-state index in [0.717, 1.165) is 43.9 Å². The van der Waals surface area contributed by atoms with E-state index in [1.165, 1.54) is 25.7 Å². The predicted octanol–water partition coefficient (Wildman–Crippen LogP) is 5.80.